The molecule has 0 aliphatic heterocycles. The summed E-state index contributed by atoms with van der Waals surface area (Å²) in [4.78, 5) is 25.7. The number of aryl methyl sites for hydroxylation is 1. The van der Waals surface area contributed by atoms with Crippen molar-refractivity contribution in [2.24, 2.45) is 0 Å². The molecule has 0 atom stereocenters. The average molecular weight is 391 g/mol. The van der Waals surface area contributed by atoms with Crippen molar-refractivity contribution in [1.82, 2.24) is 5.32 Å². The first-order valence-corrected chi connectivity index (χ1v) is 10.2. The van der Waals surface area contributed by atoms with Crippen LogP contribution < -0.4 is 10.6 Å². The Kier molecular flexibility index (Phi) is 6.33. The molecule has 0 unspecified atom stereocenters. The van der Waals surface area contributed by atoms with Crippen LogP contribution >= 0.6 is 22.9 Å². The molecule has 0 radical (unpaired) electrons. The van der Waals surface area contributed by atoms with Crippen molar-refractivity contribution < 1.29 is 9.59 Å². The number of benzene rings is 1. The molecular formula is C20H23ClN2O2S. The van der Waals surface area contributed by atoms with Crippen LogP contribution in [-0.2, 0) is 0 Å². The van der Waals surface area contributed by atoms with Gasteiger partial charge in [0.15, 0.2) is 0 Å². The molecule has 2 N–H and O–H groups in total. The second-order valence-corrected chi connectivity index (χ2v) is 8.18. The lowest BCUT2D eigenvalue weighted by molar-refractivity contribution is 0.0936. The van der Waals surface area contributed by atoms with Gasteiger partial charge in [0.2, 0.25) is 0 Å². The van der Waals surface area contributed by atoms with Crippen molar-refractivity contribution in [3.8, 4) is 0 Å². The van der Waals surface area contributed by atoms with E-state index in [4.69, 9.17) is 11.6 Å². The maximum atomic E-state index is 12.6. The van der Waals surface area contributed by atoms with Crippen LogP contribution in [-0.4, -0.2) is 17.9 Å². The molecule has 4 nitrogen and oxygen atoms in total. The molecule has 0 saturated heterocycles. The second kappa shape index (κ2) is 8.69. The monoisotopic (exact) mass is 390 g/mol. The van der Waals surface area contributed by atoms with Gasteiger partial charge in [-0.2, -0.15) is 0 Å². The fourth-order valence-corrected chi connectivity index (χ4v) is 4.46. The second-order valence-electron chi connectivity index (χ2n) is 6.72. The number of carbonyl (C=O) groups excluding carboxylic acids is 2. The SMILES string of the molecule is Cc1cc(NC(=O)c2ccccc2Cl)sc1C(=O)NC1CCCCCC1. The number of amides is 2. The summed E-state index contributed by atoms with van der Waals surface area (Å²) in [5, 5.41) is 7.06. The summed E-state index contributed by atoms with van der Waals surface area (Å²) in [7, 11) is 0. The number of carbonyl (C=O) groups is 2. The Morgan fingerprint density at radius 1 is 1.08 bits per heavy atom. The van der Waals surface area contributed by atoms with Crippen molar-refractivity contribution in [3.05, 3.63) is 51.4 Å². The number of halogens is 1. The molecule has 1 saturated carbocycles. The van der Waals surface area contributed by atoms with E-state index in [0.29, 0.717) is 20.5 Å². The highest BCUT2D eigenvalue weighted by molar-refractivity contribution is 7.18. The van der Waals surface area contributed by atoms with Crippen LogP contribution in [0.1, 0.15) is 64.1 Å². The summed E-state index contributed by atoms with van der Waals surface area (Å²) in [5.74, 6) is -0.315. The quantitative estimate of drug-likeness (QED) is 0.685. The van der Waals surface area contributed by atoms with E-state index in [1.165, 1.54) is 37.0 Å². The highest BCUT2D eigenvalue weighted by Gasteiger charge is 2.20. The first kappa shape index (κ1) is 18.9. The number of hydrogen-bond donors (Lipinski definition) is 2. The van der Waals surface area contributed by atoms with Gasteiger partial charge in [-0.15, -0.1) is 11.3 Å². The Morgan fingerprint density at radius 2 is 1.77 bits per heavy atom. The molecule has 138 valence electrons. The van der Waals surface area contributed by atoms with E-state index in [9.17, 15) is 9.59 Å². The van der Waals surface area contributed by atoms with Gasteiger partial charge in [-0.1, -0.05) is 49.4 Å². The summed E-state index contributed by atoms with van der Waals surface area (Å²) >= 11 is 7.38. The third-order valence-corrected chi connectivity index (χ3v) is 6.15. The predicted molar refractivity (Wildman–Crippen MR) is 107 cm³/mol. The van der Waals surface area contributed by atoms with Crippen LogP contribution in [0.15, 0.2) is 30.3 Å². The number of anilines is 1. The summed E-state index contributed by atoms with van der Waals surface area (Å²) in [5.41, 5.74) is 1.29. The lowest BCUT2D eigenvalue weighted by Crippen LogP contribution is -2.34. The molecule has 1 heterocycles. The van der Waals surface area contributed by atoms with Crippen molar-refractivity contribution in [2.45, 2.75) is 51.5 Å². The molecule has 0 spiro atoms. The summed E-state index contributed by atoms with van der Waals surface area (Å²) in [6, 6.07) is 9.00. The zero-order chi connectivity index (χ0) is 18.5. The van der Waals surface area contributed by atoms with Gasteiger partial charge in [0.1, 0.15) is 0 Å². The van der Waals surface area contributed by atoms with Crippen LogP contribution in [0.4, 0.5) is 5.00 Å². The van der Waals surface area contributed by atoms with E-state index >= 15 is 0 Å². The minimum atomic E-state index is -0.271. The number of thiophene rings is 1. The van der Waals surface area contributed by atoms with Crippen LogP contribution in [0.3, 0.4) is 0 Å². The van der Waals surface area contributed by atoms with Gasteiger partial charge in [-0.25, -0.2) is 0 Å². The van der Waals surface area contributed by atoms with Gasteiger partial charge in [-0.05, 0) is 43.5 Å². The molecule has 1 aliphatic rings. The van der Waals surface area contributed by atoms with Gasteiger partial charge in [0.05, 0.1) is 20.5 Å². The van der Waals surface area contributed by atoms with E-state index < -0.39 is 0 Å². The van der Waals surface area contributed by atoms with Crippen LogP contribution in [0, 0.1) is 6.92 Å². The van der Waals surface area contributed by atoms with Gasteiger partial charge >= 0.3 is 0 Å². The zero-order valence-electron chi connectivity index (χ0n) is 14.8. The molecule has 1 aliphatic carbocycles. The lowest BCUT2D eigenvalue weighted by Gasteiger charge is -2.15. The predicted octanol–water partition coefficient (Wildman–Crippen LogP) is 5.41. The van der Waals surface area contributed by atoms with E-state index in [2.05, 4.69) is 10.6 Å². The summed E-state index contributed by atoms with van der Waals surface area (Å²) in [6.45, 7) is 1.89. The standard InChI is InChI=1S/C20H23ClN2O2S/c1-13-12-17(23-19(24)15-10-6-7-11-16(15)21)26-18(13)20(25)22-14-8-4-2-3-5-9-14/h6-7,10-12,14H,2-5,8-9H2,1H3,(H,22,25)(H,23,24). The molecule has 26 heavy (non-hydrogen) atoms. The molecule has 2 amide bonds. The Morgan fingerprint density at radius 3 is 2.46 bits per heavy atom. The molecule has 2 aromatic rings. The van der Waals surface area contributed by atoms with Gasteiger partial charge in [0, 0.05) is 6.04 Å². The van der Waals surface area contributed by atoms with E-state index in [1.807, 2.05) is 13.0 Å². The highest BCUT2D eigenvalue weighted by atomic mass is 35.5. The first-order chi connectivity index (χ1) is 12.5. The maximum absolute atomic E-state index is 12.6. The molecule has 3 rings (SSSR count). The minimum absolute atomic E-state index is 0.0438. The van der Waals surface area contributed by atoms with Crippen LogP contribution in [0.25, 0.3) is 0 Å². The molecule has 1 aromatic carbocycles. The fraction of sp³-hybridized carbons (Fsp3) is 0.400. The average Bonchev–Trinajstić information content (AvgIpc) is 2.81. The fourth-order valence-electron chi connectivity index (χ4n) is 3.27. The van der Waals surface area contributed by atoms with Crippen molar-refractivity contribution in [2.75, 3.05) is 5.32 Å². The molecular weight excluding hydrogens is 368 g/mol. The number of rotatable bonds is 4. The Balaban J connectivity index is 1.67. The smallest absolute Gasteiger partial charge is 0.261 e. The third-order valence-electron chi connectivity index (χ3n) is 4.67. The highest BCUT2D eigenvalue weighted by Crippen LogP contribution is 2.28. The largest absolute Gasteiger partial charge is 0.349 e. The lowest BCUT2D eigenvalue weighted by atomic mass is 10.1. The number of nitrogens with one attached hydrogen (secondary N) is 2. The topological polar surface area (TPSA) is 58.2 Å². The van der Waals surface area contributed by atoms with E-state index in [1.54, 1.807) is 24.3 Å². The van der Waals surface area contributed by atoms with Crippen LogP contribution in [0.5, 0.6) is 0 Å². The van der Waals surface area contributed by atoms with Crippen molar-refractivity contribution >= 4 is 39.8 Å². The van der Waals surface area contributed by atoms with Crippen molar-refractivity contribution in [1.29, 1.82) is 0 Å². The third kappa shape index (κ3) is 4.65. The van der Waals surface area contributed by atoms with Gasteiger partial charge in [0.25, 0.3) is 11.8 Å². The number of hydrogen-bond acceptors (Lipinski definition) is 3. The Bertz CT molecular complexity index is 795. The van der Waals surface area contributed by atoms with E-state index in [0.717, 1.165) is 18.4 Å². The normalized spacial score (nSPS) is 15.3. The Hall–Kier alpha value is -1.85. The van der Waals surface area contributed by atoms with E-state index in [-0.39, 0.29) is 17.9 Å². The maximum Gasteiger partial charge on any atom is 0.261 e. The molecule has 0 bridgehead atoms. The molecule has 1 fully saturated rings. The minimum Gasteiger partial charge on any atom is -0.349 e. The van der Waals surface area contributed by atoms with Crippen LogP contribution in [0.2, 0.25) is 5.02 Å². The molecule has 1 aromatic heterocycles. The summed E-state index contributed by atoms with van der Waals surface area (Å²) < 4.78 is 0. The molecule has 6 heteroatoms. The zero-order valence-corrected chi connectivity index (χ0v) is 16.4. The summed E-state index contributed by atoms with van der Waals surface area (Å²) in [6.07, 6.45) is 6.95. The Labute approximate surface area is 162 Å². The first-order valence-electron chi connectivity index (χ1n) is 9.02. The van der Waals surface area contributed by atoms with Gasteiger partial charge in [-0.3, -0.25) is 9.59 Å². The van der Waals surface area contributed by atoms with Crippen molar-refractivity contribution in [3.63, 3.8) is 0 Å². The van der Waals surface area contributed by atoms with Gasteiger partial charge < -0.3 is 10.6 Å².